The van der Waals surface area contributed by atoms with Crippen LogP contribution in [0.1, 0.15) is 85.0 Å². The molecule has 0 saturated carbocycles. The van der Waals surface area contributed by atoms with E-state index in [2.05, 4.69) is 20.8 Å². The summed E-state index contributed by atoms with van der Waals surface area (Å²) >= 11 is 6.24. The van der Waals surface area contributed by atoms with Crippen molar-refractivity contribution >= 4 is 19.9 Å². The predicted molar refractivity (Wildman–Crippen MR) is 80.3 cm³/mol. The summed E-state index contributed by atoms with van der Waals surface area (Å²) in [7, 11) is -0.354. The molecule has 0 atom stereocenters. The van der Waals surface area contributed by atoms with Gasteiger partial charge in [0.15, 0.2) is 0 Å². The molecule has 2 heteroatoms. The van der Waals surface area contributed by atoms with E-state index in [1.165, 1.54) is 64.2 Å². The average molecular weight is 263 g/mol. The molecule has 0 amide bonds. The van der Waals surface area contributed by atoms with Gasteiger partial charge >= 0.3 is 0 Å². The first-order valence-electron chi connectivity index (χ1n) is 7.30. The maximum absolute atomic E-state index is 6.24. The summed E-state index contributed by atoms with van der Waals surface area (Å²) in [5.41, 5.74) is 0. The molecular weight excluding hydrogens is 232 g/mol. The molecule has 0 bridgehead atoms. The normalized spacial score (nSPS) is 12.8. The lowest BCUT2D eigenvalue weighted by Crippen LogP contribution is -2.15. The number of hydrogen-bond acceptors (Lipinski definition) is 0. The zero-order valence-corrected chi connectivity index (χ0v) is 13.8. The van der Waals surface area contributed by atoms with Gasteiger partial charge in [0.25, 0.3) is 0 Å². The van der Waals surface area contributed by atoms with Crippen molar-refractivity contribution in [3.05, 3.63) is 0 Å². The molecule has 98 valence electrons. The summed E-state index contributed by atoms with van der Waals surface area (Å²) in [5.74, 6) is 0. The standard InChI is InChI=1S/C14H31ClSi/c1-4-7-8-9-10-11-12-13-14(5-2,6-3)16-15/h4-13,16H2,1-3H3. The Labute approximate surface area is 110 Å². The van der Waals surface area contributed by atoms with Crippen LogP contribution in [0.4, 0.5) is 0 Å². The van der Waals surface area contributed by atoms with Crippen LogP contribution in [0.15, 0.2) is 0 Å². The number of rotatable bonds is 11. The van der Waals surface area contributed by atoms with Crippen LogP contribution in [0, 0.1) is 0 Å². The van der Waals surface area contributed by atoms with Crippen LogP contribution in [0.3, 0.4) is 0 Å². The fourth-order valence-electron chi connectivity index (χ4n) is 2.32. The van der Waals surface area contributed by atoms with Gasteiger partial charge in [0.1, 0.15) is 8.83 Å². The molecule has 0 aliphatic heterocycles. The van der Waals surface area contributed by atoms with Crippen LogP contribution >= 0.6 is 11.1 Å². The molecule has 0 N–H and O–H groups in total. The van der Waals surface area contributed by atoms with Crippen LogP contribution in [0.5, 0.6) is 0 Å². The van der Waals surface area contributed by atoms with E-state index in [-0.39, 0.29) is 8.83 Å². The van der Waals surface area contributed by atoms with Gasteiger partial charge in [-0.05, 0) is 11.5 Å². The van der Waals surface area contributed by atoms with Crippen molar-refractivity contribution in [2.75, 3.05) is 0 Å². The second kappa shape index (κ2) is 10.6. The second-order valence-corrected chi connectivity index (χ2v) is 7.78. The Morgan fingerprint density at radius 3 is 1.75 bits per heavy atom. The highest BCUT2D eigenvalue weighted by Gasteiger charge is 2.24. The van der Waals surface area contributed by atoms with Crippen molar-refractivity contribution < 1.29 is 0 Å². The summed E-state index contributed by atoms with van der Waals surface area (Å²) in [6.07, 6.45) is 13.9. The molecule has 0 aliphatic carbocycles. The first kappa shape index (κ1) is 16.5. The summed E-state index contributed by atoms with van der Waals surface area (Å²) < 4.78 is 0. The van der Waals surface area contributed by atoms with E-state index < -0.39 is 0 Å². The third-order valence-electron chi connectivity index (χ3n) is 4.09. The van der Waals surface area contributed by atoms with Gasteiger partial charge in [-0.2, -0.15) is 11.1 Å². The monoisotopic (exact) mass is 262 g/mol. The topological polar surface area (TPSA) is 0 Å². The number of hydrogen-bond donors (Lipinski definition) is 0. The van der Waals surface area contributed by atoms with Crippen LogP contribution in [-0.2, 0) is 0 Å². The van der Waals surface area contributed by atoms with Crippen LogP contribution < -0.4 is 0 Å². The Morgan fingerprint density at radius 1 is 0.812 bits per heavy atom. The highest BCUT2D eigenvalue weighted by molar-refractivity contribution is 6.95. The van der Waals surface area contributed by atoms with Gasteiger partial charge in [-0.25, -0.2) is 0 Å². The maximum Gasteiger partial charge on any atom is 0.131 e. The first-order valence-corrected chi connectivity index (χ1v) is 10.1. The van der Waals surface area contributed by atoms with Crippen molar-refractivity contribution in [3.8, 4) is 0 Å². The molecule has 0 saturated heterocycles. The molecule has 0 unspecified atom stereocenters. The zero-order chi connectivity index (χ0) is 12.3. The van der Waals surface area contributed by atoms with Gasteiger partial charge in [-0.15, -0.1) is 0 Å². The molecule has 0 aromatic carbocycles. The zero-order valence-electron chi connectivity index (χ0n) is 11.7. The lowest BCUT2D eigenvalue weighted by atomic mass is 9.94. The van der Waals surface area contributed by atoms with Gasteiger partial charge in [-0.1, -0.05) is 78.6 Å². The summed E-state index contributed by atoms with van der Waals surface area (Å²) in [6.45, 7) is 6.92. The molecule has 16 heavy (non-hydrogen) atoms. The average Bonchev–Trinajstić information content (AvgIpc) is 2.34. The third-order valence-corrected chi connectivity index (χ3v) is 7.72. The maximum atomic E-state index is 6.24. The first-order chi connectivity index (χ1) is 7.74. The van der Waals surface area contributed by atoms with Gasteiger partial charge in [0.05, 0.1) is 0 Å². The number of halogens is 1. The molecule has 0 radical (unpaired) electrons. The minimum absolute atomic E-state index is 0.354. The Hall–Kier alpha value is 0.507. The second-order valence-electron chi connectivity index (χ2n) is 5.21. The fraction of sp³-hybridized carbons (Fsp3) is 1.00. The van der Waals surface area contributed by atoms with Gasteiger partial charge in [-0.3, -0.25) is 0 Å². The lowest BCUT2D eigenvalue weighted by Gasteiger charge is -2.28. The van der Waals surface area contributed by atoms with E-state index in [0.717, 1.165) is 0 Å². The summed E-state index contributed by atoms with van der Waals surface area (Å²) in [4.78, 5) is 0. The molecule has 0 heterocycles. The molecule has 0 aromatic rings. The quantitative estimate of drug-likeness (QED) is 0.265. The van der Waals surface area contributed by atoms with E-state index in [0.29, 0.717) is 5.04 Å². The van der Waals surface area contributed by atoms with E-state index >= 15 is 0 Å². The molecule has 0 nitrogen and oxygen atoms in total. The molecule has 0 aliphatic rings. The fourth-order valence-corrected chi connectivity index (χ4v) is 4.61. The molecule has 0 aromatic heterocycles. The van der Waals surface area contributed by atoms with Crippen molar-refractivity contribution in [1.29, 1.82) is 0 Å². The van der Waals surface area contributed by atoms with Crippen molar-refractivity contribution in [2.24, 2.45) is 0 Å². The van der Waals surface area contributed by atoms with Gasteiger partial charge < -0.3 is 0 Å². The smallest absolute Gasteiger partial charge is 0.131 e. The Kier molecular flexibility index (Phi) is 11.0. The summed E-state index contributed by atoms with van der Waals surface area (Å²) in [6, 6.07) is 0. The van der Waals surface area contributed by atoms with Gasteiger partial charge in [0, 0.05) is 0 Å². The largest absolute Gasteiger partial charge is 0.176 e. The molecule has 0 fully saturated rings. The SMILES string of the molecule is CCCCCCCCCC(CC)(CC)[SiH2]Cl. The lowest BCUT2D eigenvalue weighted by molar-refractivity contribution is 0.446. The summed E-state index contributed by atoms with van der Waals surface area (Å²) in [5, 5.41) is 0.574. The van der Waals surface area contributed by atoms with E-state index in [1.807, 2.05) is 0 Å². The van der Waals surface area contributed by atoms with Crippen LogP contribution in [0.2, 0.25) is 5.04 Å². The highest BCUT2D eigenvalue weighted by Crippen LogP contribution is 2.40. The van der Waals surface area contributed by atoms with E-state index in [9.17, 15) is 0 Å². The van der Waals surface area contributed by atoms with Crippen molar-refractivity contribution in [3.63, 3.8) is 0 Å². The van der Waals surface area contributed by atoms with Crippen molar-refractivity contribution in [1.82, 2.24) is 0 Å². The van der Waals surface area contributed by atoms with E-state index in [4.69, 9.17) is 11.1 Å². The van der Waals surface area contributed by atoms with Gasteiger partial charge in [0.2, 0.25) is 0 Å². The Bertz CT molecular complexity index is 135. The van der Waals surface area contributed by atoms with Crippen molar-refractivity contribution in [2.45, 2.75) is 90.0 Å². The van der Waals surface area contributed by atoms with E-state index in [1.54, 1.807) is 0 Å². The minimum atomic E-state index is -0.354. The van der Waals surface area contributed by atoms with Crippen LogP contribution in [-0.4, -0.2) is 8.83 Å². The minimum Gasteiger partial charge on any atom is -0.176 e. The third kappa shape index (κ3) is 6.96. The number of unbranched alkanes of at least 4 members (excludes halogenated alkanes) is 6. The highest BCUT2D eigenvalue weighted by atomic mass is 35.6. The molecular formula is C14H31ClSi. The Morgan fingerprint density at radius 2 is 1.31 bits per heavy atom. The molecule has 0 rings (SSSR count). The predicted octanol–water partition coefficient (Wildman–Crippen LogP) is 5.43. The van der Waals surface area contributed by atoms with Crippen LogP contribution in [0.25, 0.3) is 0 Å². The molecule has 0 spiro atoms. The Balaban J connectivity index is 3.48.